The Labute approximate surface area is 135 Å². The summed E-state index contributed by atoms with van der Waals surface area (Å²) in [5.74, 6) is 0. The molecule has 2 heterocycles. The Morgan fingerprint density at radius 3 is 2.36 bits per heavy atom. The first-order chi connectivity index (χ1) is 10.7. The lowest BCUT2D eigenvalue weighted by molar-refractivity contribution is 1.20. The number of nitrogens with zero attached hydrogens (tertiary/aromatic N) is 2. The fraction of sp³-hybridized carbons (Fsp3) is 0.0526. The first kappa shape index (κ1) is 14.5. The molecule has 0 fully saturated rings. The molecule has 0 bridgehead atoms. The number of aryl methyl sites for hydroxylation is 1. The van der Waals surface area contributed by atoms with Crippen LogP contribution in [0.2, 0.25) is 5.15 Å². The average molecular weight is 307 g/mol. The first-order valence-electron chi connectivity index (χ1n) is 7.04. The zero-order chi connectivity index (χ0) is 15.4. The number of rotatable bonds is 3. The molecular formula is C19H15ClN2. The second kappa shape index (κ2) is 6.54. The van der Waals surface area contributed by atoms with Gasteiger partial charge in [-0.05, 0) is 24.6 Å². The number of hydrogen-bond acceptors (Lipinski definition) is 2. The van der Waals surface area contributed by atoms with Crippen molar-refractivity contribution in [2.45, 2.75) is 6.92 Å². The van der Waals surface area contributed by atoms with E-state index in [2.05, 4.69) is 9.97 Å². The Balaban J connectivity index is 1.93. The van der Waals surface area contributed by atoms with E-state index in [4.69, 9.17) is 11.6 Å². The zero-order valence-electron chi connectivity index (χ0n) is 12.2. The van der Waals surface area contributed by atoms with Crippen LogP contribution in [0.15, 0.2) is 60.9 Å². The van der Waals surface area contributed by atoms with Crippen LogP contribution >= 0.6 is 11.6 Å². The number of pyridine rings is 2. The summed E-state index contributed by atoms with van der Waals surface area (Å²) in [6.45, 7) is 1.97. The highest BCUT2D eigenvalue weighted by atomic mass is 35.5. The predicted octanol–water partition coefficient (Wildman–Crippen LogP) is 5.28. The lowest BCUT2D eigenvalue weighted by Gasteiger charge is -2.04. The Morgan fingerprint density at radius 1 is 0.864 bits per heavy atom. The van der Waals surface area contributed by atoms with Gasteiger partial charge in [-0.15, -0.1) is 0 Å². The molecule has 0 aliphatic carbocycles. The van der Waals surface area contributed by atoms with Crippen LogP contribution in [0.5, 0.6) is 0 Å². The third-order valence-corrected chi connectivity index (χ3v) is 3.68. The van der Waals surface area contributed by atoms with Crippen molar-refractivity contribution in [1.82, 2.24) is 9.97 Å². The van der Waals surface area contributed by atoms with Crippen molar-refractivity contribution in [3.63, 3.8) is 0 Å². The molecule has 0 N–H and O–H groups in total. The minimum absolute atomic E-state index is 0.496. The van der Waals surface area contributed by atoms with Crippen molar-refractivity contribution in [3.8, 4) is 11.1 Å². The maximum Gasteiger partial charge on any atom is 0.136 e. The molecule has 2 aromatic heterocycles. The molecule has 3 rings (SSSR count). The summed E-state index contributed by atoms with van der Waals surface area (Å²) in [7, 11) is 0. The van der Waals surface area contributed by atoms with Crippen LogP contribution in [0.25, 0.3) is 23.3 Å². The van der Waals surface area contributed by atoms with Crippen LogP contribution in [0, 0.1) is 6.92 Å². The predicted molar refractivity (Wildman–Crippen MR) is 92.6 cm³/mol. The summed E-state index contributed by atoms with van der Waals surface area (Å²) >= 11 is 6.20. The standard InChI is InChI=1S/C19H15ClN2/c1-14-7-9-17(12-21-14)18-11-16(19(20)22-13-18)10-8-15-5-3-2-4-6-15/h2-13H,1H3/b10-8+. The SMILES string of the molecule is Cc1ccc(-c2cnc(Cl)c(/C=C/c3ccccc3)c2)cn1. The molecule has 1 aromatic carbocycles. The fourth-order valence-corrected chi connectivity index (χ4v) is 2.29. The average Bonchev–Trinajstić information content (AvgIpc) is 2.56. The Hall–Kier alpha value is -2.45. The van der Waals surface area contributed by atoms with Crippen molar-refractivity contribution in [2.24, 2.45) is 0 Å². The minimum atomic E-state index is 0.496. The molecule has 3 heteroatoms. The minimum Gasteiger partial charge on any atom is -0.261 e. The highest BCUT2D eigenvalue weighted by Crippen LogP contribution is 2.24. The van der Waals surface area contributed by atoms with Crippen LogP contribution in [0.1, 0.15) is 16.8 Å². The van der Waals surface area contributed by atoms with Crippen molar-refractivity contribution >= 4 is 23.8 Å². The van der Waals surface area contributed by atoms with Gasteiger partial charge in [0.1, 0.15) is 5.15 Å². The van der Waals surface area contributed by atoms with Gasteiger partial charge in [0.2, 0.25) is 0 Å². The van der Waals surface area contributed by atoms with E-state index in [9.17, 15) is 0 Å². The van der Waals surface area contributed by atoms with Crippen LogP contribution in [-0.4, -0.2) is 9.97 Å². The zero-order valence-corrected chi connectivity index (χ0v) is 13.0. The van der Waals surface area contributed by atoms with E-state index in [-0.39, 0.29) is 0 Å². The number of benzene rings is 1. The van der Waals surface area contributed by atoms with E-state index < -0.39 is 0 Å². The molecule has 22 heavy (non-hydrogen) atoms. The molecule has 0 aliphatic heterocycles. The first-order valence-corrected chi connectivity index (χ1v) is 7.42. The van der Waals surface area contributed by atoms with Crippen LogP contribution < -0.4 is 0 Å². The lowest BCUT2D eigenvalue weighted by Crippen LogP contribution is -1.87. The van der Waals surface area contributed by atoms with Gasteiger partial charge in [0.05, 0.1) is 0 Å². The third kappa shape index (κ3) is 3.41. The van der Waals surface area contributed by atoms with E-state index in [1.54, 1.807) is 6.20 Å². The molecule has 108 valence electrons. The normalized spacial score (nSPS) is 11.0. The molecule has 2 nitrogen and oxygen atoms in total. The topological polar surface area (TPSA) is 25.8 Å². The van der Waals surface area contributed by atoms with Gasteiger partial charge in [0, 0.05) is 34.8 Å². The second-order valence-electron chi connectivity index (χ2n) is 5.04. The van der Waals surface area contributed by atoms with Gasteiger partial charge < -0.3 is 0 Å². The third-order valence-electron chi connectivity index (χ3n) is 3.37. The molecule has 3 aromatic rings. The molecule has 0 radical (unpaired) electrons. The Bertz CT molecular complexity index is 793. The summed E-state index contributed by atoms with van der Waals surface area (Å²) in [4.78, 5) is 8.60. The molecule has 0 unspecified atom stereocenters. The lowest BCUT2D eigenvalue weighted by atomic mass is 10.1. The summed E-state index contributed by atoms with van der Waals surface area (Å²) in [5.41, 5.74) is 5.05. The molecular weight excluding hydrogens is 292 g/mol. The van der Waals surface area contributed by atoms with Gasteiger partial charge in [0.25, 0.3) is 0 Å². The molecule has 0 aliphatic rings. The smallest absolute Gasteiger partial charge is 0.136 e. The van der Waals surface area contributed by atoms with Crippen molar-refractivity contribution in [2.75, 3.05) is 0 Å². The maximum atomic E-state index is 6.20. The monoisotopic (exact) mass is 306 g/mol. The van der Waals surface area contributed by atoms with Crippen molar-refractivity contribution < 1.29 is 0 Å². The van der Waals surface area contributed by atoms with Crippen molar-refractivity contribution in [1.29, 1.82) is 0 Å². The van der Waals surface area contributed by atoms with E-state index >= 15 is 0 Å². The van der Waals surface area contributed by atoms with Crippen LogP contribution in [0.4, 0.5) is 0 Å². The van der Waals surface area contributed by atoms with E-state index in [1.165, 1.54) is 0 Å². The second-order valence-corrected chi connectivity index (χ2v) is 5.39. The highest BCUT2D eigenvalue weighted by molar-refractivity contribution is 6.31. The molecule has 0 saturated carbocycles. The van der Waals surface area contributed by atoms with E-state index in [0.29, 0.717) is 5.15 Å². The van der Waals surface area contributed by atoms with Gasteiger partial charge in [-0.25, -0.2) is 4.98 Å². The number of halogens is 1. The molecule has 0 amide bonds. The number of aromatic nitrogens is 2. The van der Waals surface area contributed by atoms with E-state index in [0.717, 1.165) is 27.9 Å². The summed E-state index contributed by atoms with van der Waals surface area (Å²) < 4.78 is 0. The number of hydrogen-bond donors (Lipinski definition) is 0. The fourth-order valence-electron chi connectivity index (χ4n) is 2.13. The summed E-state index contributed by atoms with van der Waals surface area (Å²) in [6.07, 6.45) is 7.63. The maximum absolute atomic E-state index is 6.20. The molecule has 0 atom stereocenters. The summed E-state index contributed by atoms with van der Waals surface area (Å²) in [5, 5.41) is 0.496. The molecule has 0 saturated heterocycles. The van der Waals surface area contributed by atoms with Gasteiger partial charge in [0.15, 0.2) is 0 Å². The van der Waals surface area contributed by atoms with Gasteiger partial charge in [-0.1, -0.05) is 60.2 Å². The Morgan fingerprint density at radius 2 is 1.64 bits per heavy atom. The van der Waals surface area contributed by atoms with E-state index in [1.807, 2.05) is 73.8 Å². The Kier molecular flexibility index (Phi) is 4.31. The van der Waals surface area contributed by atoms with Crippen LogP contribution in [-0.2, 0) is 0 Å². The summed E-state index contributed by atoms with van der Waals surface area (Å²) in [6, 6.07) is 16.2. The van der Waals surface area contributed by atoms with Gasteiger partial charge >= 0.3 is 0 Å². The van der Waals surface area contributed by atoms with Crippen LogP contribution in [0.3, 0.4) is 0 Å². The molecule has 0 spiro atoms. The highest BCUT2D eigenvalue weighted by Gasteiger charge is 2.03. The van der Waals surface area contributed by atoms with Crippen molar-refractivity contribution in [3.05, 3.63) is 82.9 Å². The quantitative estimate of drug-likeness (QED) is 0.616. The largest absolute Gasteiger partial charge is 0.261 e. The van der Waals surface area contributed by atoms with Gasteiger partial charge in [-0.3, -0.25) is 4.98 Å². The van der Waals surface area contributed by atoms with Gasteiger partial charge in [-0.2, -0.15) is 0 Å².